The molecule has 4 heteroatoms. The van der Waals surface area contributed by atoms with Crippen LogP contribution in [-0.2, 0) is 6.54 Å². The summed E-state index contributed by atoms with van der Waals surface area (Å²) in [6.45, 7) is 0.842. The number of benzene rings is 1. The summed E-state index contributed by atoms with van der Waals surface area (Å²) in [7, 11) is 0. The molecule has 1 aromatic carbocycles. The van der Waals surface area contributed by atoms with Crippen molar-refractivity contribution in [3.8, 4) is 0 Å². The third-order valence-corrected chi connectivity index (χ3v) is 5.10. The molecule has 0 aliphatic carbocycles. The Morgan fingerprint density at radius 1 is 1.19 bits per heavy atom. The van der Waals surface area contributed by atoms with Gasteiger partial charge in [-0.15, -0.1) is 11.8 Å². The molecule has 3 heterocycles. The maximum absolute atomic E-state index is 4.45. The van der Waals surface area contributed by atoms with Gasteiger partial charge >= 0.3 is 0 Å². The van der Waals surface area contributed by atoms with Crippen molar-refractivity contribution < 1.29 is 0 Å². The fraction of sp³-hybridized carbons (Fsp3) is 0.235. The minimum Gasteiger partial charge on any atom is -0.304 e. The molecular weight excluding hydrogens is 278 g/mol. The lowest BCUT2D eigenvalue weighted by Gasteiger charge is -2.25. The van der Waals surface area contributed by atoms with Crippen molar-refractivity contribution >= 4 is 17.4 Å². The average molecular weight is 295 g/mol. The van der Waals surface area contributed by atoms with Crippen LogP contribution in [0.5, 0.6) is 0 Å². The van der Waals surface area contributed by atoms with E-state index in [4.69, 9.17) is 0 Å². The largest absolute Gasteiger partial charge is 0.304 e. The van der Waals surface area contributed by atoms with Crippen LogP contribution in [0.15, 0.2) is 59.8 Å². The van der Waals surface area contributed by atoms with Gasteiger partial charge in [0.25, 0.3) is 0 Å². The summed E-state index contributed by atoms with van der Waals surface area (Å²) < 4.78 is 2.15. The summed E-state index contributed by atoms with van der Waals surface area (Å²) in [6.07, 6.45) is 5.22. The molecule has 0 fully saturated rings. The van der Waals surface area contributed by atoms with Gasteiger partial charge in [-0.1, -0.05) is 24.3 Å². The molecule has 0 radical (unpaired) electrons. The van der Waals surface area contributed by atoms with Gasteiger partial charge in [0.05, 0.1) is 11.9 Å². The predicted octanol–water partition coefficient (Wildman–Crippen LogP) is 3.66. The highest BCUT2D eigenvalue weighted by atomic mass is 32.2. The normalized spacial score (nSPS) is 17.8. The molecule has 0 saturated carbocycles. The second kappa shape index (κ2) is 5.54. The van der Waals surface area contributed by atoms with Gasteiger partial charge in [0.15, 0.2) is 0 Å². The molecule has 106 valence electrons. The van der Waals surface area contributed by atoms with E-state index in [2.05, 4.69) is 45.2 Å². The number of nitrogens with zero attached hydrogens (tertiary/aromatic N) is 2. The summed E-state index contributed by atoms with van der Waals surface area (Å²) in [5.74, 6) is 1.18. The quantitative estimate of drug-likeness (QED) is 0.799. The Hall–Kier alpha value is -1.78. The third-order valence-electron chi connectivity index (χ3n) is 3.98. The molecule has 21 heavy (non-hydrogen) atoms. The molecule has 0 amide bonds. The molecule has 0 bridgehead atoms. The molecular formula is C17H17N3S. The van der Waals surface area contributed by atoms with Crippen molar-refractivity contribution in [3.05, 3.63) is 66.1 Å². The van der Waals surface area contributed by atoms with Crippen molar-refractivity contribution in [1.82, 2.24) is 14.7 Å². The van der Waals surface area contributed by atoms with E-state index in [9.17, 15) is 0 Å². The van der Waals surface area contributed by atoms with E-state index in [0.717, 1.165) is 12.2 Å². The maximum atomic E-state index is 4.45. The van der Waals surface area contributed by atoms with Crippen LogP contribution in [-0.4, -0.2) is 15.1 Å². The molecule has 1 aliphatic rings. The monoisotopic (exact) mass is 295 g/mol. The molecule has 1 N–H and O–H groups in total. The van der Waals surface area contributed by atoms with Crippen molar-refractivity contribution in [3.63, 3.8) is 0 Å². The molecule has 1 unspecified atom stereocenters. The van der Waals surface area contributed by atoms with Crippen LogP contribution in [0.1, 0.15) is 23.7 Å². The van der Waals surface area contributed by atoms with Gasteiger partial charge in [-0.2, -0.15) is 0 Å². The SMILES string of the molecule is c1ccc2c(c1)SCCC2NCc1cnc2ccccn12. The zero-order valence-corrected chi connectivity index (χ0v) is 12.5. The molecule has 3 aromatic rings. The number of fused-ring (bicyclic) bond motifs is 2. The van der Waals surface area contributed by atoms with E-state index in [1.165, 1.54) is 28.3 Å². The van der Waals surface area contributed by atoms with Crippen molar-refractivity contribution in [2.75, 3.05) is 5.75 Å². The van der Waals surface area contributed by atoms with Gasteiger partial charge < -0.3 is 9.72 Å². The Bertz CT molecular complexity index is 765. The number of aromatic nitrogens is 2. The lowest BCUT2D eigenvalue weighted by Crippen LogP contribution is -2.24. The Kier molecular flexibility index (Phi) is 3.41. The Morgan fingerprint density at radius 3 is 3.10 bits per heavy atom. The first-order chi connectivity index (χ1) is 10.4. The number of hydrogen-bond donors (Lipinski definition) is 1. The molecule has 2 aromatic heterocycles. The van der Waals surface area contributed by atoms with Gasteiger partial charge in [-0.05, 0) is 35.9 Å². The van der Waals surface area contributed by atoms with Crippen LogP contribution >= 0.6 is 11.8 Å². The van der Waals surface area contributed by atoms with Gasteiger partial charge in [0, 0.05) is 23.7 Å². The van der Waals surface area contributed by atoms with Crippen LogP contribution in [0.25, 0.3) is 5.65 Å². The summed E-state index contributed by atoms with van der Waals surface area (Å²) >= 11 is 1.96. The number of imidazole rings is 1. The van der Waals surface area contributed by atoms with E-state index in [-0.39, 0.29) is 0 Å². The van der Waals surface area contributed by atoms with Crippen LogP contribution in [0.3, 0.4) is 0 Å². The fourth-order valence-electron chi connectivity index (χ4n) is 2.90. The van der Waals surface area contributed by atoms with E-state index >= 15 is 0 Å². The van der Waals surface area contributed by atoms with Crippen LogP contribution < -0.4 is 5.32 Å². The highest BCUT2D eigenvalue weighted by Crippen LogP contribution is 2.35. The minimum absolute atomic E-state index is 0.441. The summed E-state index contributed by atoms with van der Waals surface area (Å²) in [5, 5.41) is 3.70. The Labute approximate surface area is 128 Å². The molecule has 3 nitrogen and oxygen atoms in total. The van der Waals surface area contributed by atoms with Crippen LogP contribution in [0.4, 0.5) is 0 Å². The topological polar surface area (TPSA) is 29.3 Å². The van der Waals surface area contributed by atoms with E-state index in [0.29, 0.717) is 6.04 Å². The van der Waals surface area contributed by atoms with Crippen molar-refractivity contribution in [2.45, 2.75) is 23.9 Å². The predicted molar refractivity (Wildman–Crippen MR) is 86.6 cm³/mol. The van der Waals surface area contributed by atoms with Gasteiger partial charge in [0.2, 0.25) is 0 Å². The van der Waals surface area contributed by atoms with E-state index < -0.39 is 0 Å². The first-order valence-electron chi connectivity index (χ1n) is 7.28. The van der Waals surface area contributed by atoms with E-state index in [1.807, 2.05) is 36.2 Å². The van der Waals surface area contributed by atoms with Crippen molar-refractivity contribution in [2.24, 2.45) is 0 Å². The van der Waals surface area contributed by atoms with Crippen LogP contribution in [0.2, 0.25) is 0 Å². The lowest BCUT2D eigenvalue weighted by molar-refractivity contribution is 0.504. The number of rotatable bonds is 3. The molecule has 1 atom stereocenters. The van der Waals surface area contributed by atoms with E-state index in [1.54, 1.807) is 0 Å². The molecule has 4 rings (SSSR count). The van der Waals surface area contributed by atoms with Gasteiger partial charge in [-0.25, -0.2) is 4.98 Å². The minimum atomic E-state index is 0.441. The highest BCUT2D eigenvalue weighted by Gasteiger charge is 2.19. The fourth-order valence-corrected chi connectivity index (χ4v) is 4.02. The Morgan fingerprint density at radius 2 is 2.10 bits per heavy atom. The lowest BCUT2D eigenvalue weighted by atomic mass is 10.0. The second-order valence-corrected chi connectivity index (χ2v) is 6.42. The summed E-state index contributed by atoms with van der Waals surface area (Å²) in [4.78, 5) is 5.86. The average Bonchev–Trinajstić information content (AvgIpc) is 2.96. The Balaban J connectivity index is 1.55. The third kappa shape index (κ3) is 2.45. The second-order valence-electron chi connectivity index (χ2n) is 5.29. The first kappa shape index (κ1) is 12.9. The smallest absolute Gasteiger partial charge is 0.136 e. The number of thioether (sulfide) groups is 1. The maximum Gasteiger partial charge on any atom is 0.136 e. The number of nitrogens with one attached hydrogen (secondary N) is 1. The number of hydrogen-bond acceptors (Lipinski definition) is 3. The van der Waals surface area contributed by atoms with Crippen molar-refractivity contribution in [1.29, 1.82) is 0 Å². The highest BCUT2D eigenvalue weighted by molar-refractivity contribution is 7.99. The van der Waals surface area contributed by atoms with Crippen LogP contribution in [0, 0.1) is 0 Å². The zero-order valence-electron chi connectivity index (χ0n) is 11.7. The molecule has 0 saturated heterocycles. The first-order valence-corrected chi connectivity index (χ1v) is 8.26. The molecule has 1 aliphatic heterocycles. The summed E-state index contributed by atoms with van der Waals surface area (Å²) in [5.41, 5.74) is 3.65. The summed E-state index contributed by atoms with van der Waals surface area (Å²) in [6, 6.07) is 15.3. The number of pyridine rings is 1. The zero-order chi connectivity index (χ0) is 14.1. The van der Waals surface area contributed by atoms with Gasteiger partial charge in [-0.3, -0.25) is 0 Å². The standard InChI is InChI=1S/C17H17N3S/c1-2-6-16-14(5-1)15(8-10-21-16)18-11-13-12-19-17-7-3-4-9-20(13)17/h1-7,9,12,15,18H,8,10-11H2. The molecule has 0 spiro atoms. The van der Waals surface area contributed by atoms with Gasteiger partial charge in [0.1, 0.15) is 5.65 Å².